The fourth-order valence-corrected chi connectivity index (χ4v) is 2.62. The molecule has 0 aliphatic rings. The highest BCUT2D eigenvalue weighted by Crippen LogP contribution is 2.30. The highest BCUT2D eigenvalue weighted by Gasteiger charge is 2.15. The summed E-state index contributed by atoms with van der Waals surface area (Å²) in [6, 6.07) is 9.14. The molecule has 2 aromatic rings. The van der Waals surface area contributed by atoms with E-state index in [0.717, 1.165) is 5.56 Å². The van der Waals surface area contributed by atoms with Gasteiger partial charge in [0.05, 0.1) is 18.4 Å². The Hall–Kier alpha value is -3.17. The average molecular weight is 415 g/mol. The average Bonchev–Trinajstić information content (AvgIpc) is 2.75. The molecule has 1 aromatic heterocycles. The van der Waals surface area contributed by atoms with E-state index in [4.69, 9.17) is 20.6 Å². The Kier molecular flexibility index (Phi) is 8.57. The number of ether oxygens (including phenoxy) is 2. The second kappa shape index (κ2) is 11.1. The Bertz CT molecular complexity index is 872. The van der Waals surface area contributed by atoms with Crippen molar-refractivity contribution < 1.29 is 19.4 Å². The number of pyridine rings is 1. The summed E-state index contributed by atoms with van der Waals surface area (Å²) in [5, 5.41) is 23.7. The summed E-state index contributed by atoms with van der Waals surface area (Å²) in [4.78, 5) is 16.3. The molecule has 6 N–H and O–H groups in total. The number of rotatable bonds is 11. The first-order chi connectivity index (χ1) is 14.4. The van der Waals surface area contributed by atoms with Crippen molar-refractivity contribution in [3.8, 4) is 17.0 Å². The Morgan fingerprint density at radius 2 is 2.13 bits per heavy atom. The van der Waals surface area contributed by atoms with Gasteiger partial charge >= 0.3 is 5.97 Å². The van der Waals surface area contributed by atoms with Crippen molar-refractivity contribution in [2.75, 3.05) is 37.4 Å². The minimum absolute atomic E-state index is 0.0396. The van der Waals surface area contributed by atoms with Crippen LogP contribution in [0.1, 0.15) is 19.4 Å². The number of carbonyl (C=O) groups excluding carboxylic acids is 1. The minimum Gasteiger partial charge on any atom is -0.491 e. The maximum absolute atomic E-state index is 11.6. The Balaban J connectivity index is 2.43. The topological polar surface area (TPSA) is 143 Å². The van der Waals surface area contributed by atoms with Crippen LogP contribution in [0.3, 0.4) is 0 Å². The molecular weight excluding hydrogens is 386 g/mol. The van der Waals surface area contributed by atoms with Crippen molar-refractivity contribution in [3.05, 3.63) is 35.9 Å². The number of aromatic nitrogens is 1. The van der Waals surface area contributed by atoms with E-state index in [1.165, 1.54) is 13.3 Å². The van der Waals surface area contributed by atoms with Gasteiger partial charge in [-0.1, -0.05) is 12.1 Å². The lowest BCUT2D eigenvalue weighted by atomic mass is 10.1. The molecule has 0 saturated heterocycles. The van der Waals surface area contributed by atoms with Gasteiger partial charge in [-0.2, -0.15) is 0 Å². The first-order valence-electron chi connectivity index (χ1n) is 9.62. The van der Waals surface area contributed by atoms with Crippen LogP contribution >= 0.6 is 0 Å². The van der Waals surface area contributed by atoms with E-state index in [2.05, 4.69) is 15.6 Å². The maximum Gasteiger partial charge on any atom is 0.325 e. The number of hydrogen-bond donors (Lipinski definition) is 5. The predicted molar refractivity (Wildman–Crippen MR) is 117 cm³/mol. The Morgan fingerprint density at radius 1 is 1.37 bits per heavy atom. The molecule has 1 heterocycles. The van der Waals surface area contributed by atoms with Crippen molar-refractivity contribution in [1.82, 2.24) is 4.98 Å². The van der Waals surface area contributed by atoms with Gasteiger partial charge in [-0.05, 0) is 32.0 Å². The summed E-state index contributed by atoms with van der Waals surface area (Å²) in [5.74, 6) is 0.673. The smallest absolute Gasteiger partial charge is 0.325 e. The van der Waals surface area contributed by atoms with Crippen molar-refractivity contribution >= 4 is 23.7 Å². The highest BCUT2D eigenvalue weighted by molar-refractivity contribution is 5.94. The molecule has 1 aromatic carbocycles. The van der Waals surface area contributed by atoms with E-state index in [0.29, 0.717) is 28.5 Å². The molecule has 1 atom stereocenters. The summed E-state index contributed by atoms with van der Waals surface area (Å²) in [7, 11) is 1.32. The number of benzene rings is 1. The maximum atomic E-state index is 11.6. The number of aliphatic hydroxyl groups is 1. The van der Waals surface area contributed by atoms with E-state index in [9.17, 15) is 9.90 Å². The molecule has 0 bridgehead atoms. The van der Waals surface area contributed by atoms with Crippen LogP contribution in [0.2, 0.25) is 0 Å². The Morgan fingerprint density at radius 3 is 2.77 bits per heavy atom. The normalized spacial score (nSPS) is 11.7. The first kappa shape index (κ1) is 23.1. The standard InChI is InChI=1S/C21H29N5O4/c1-13(2)25-21-17(10-23)19(24-11-20(28)29-3)8-18(26-21)14-5-4-6-16(7-14)30-12-15(27)9-22/h4-8,10,13,15,23,27H,9,11-12,22H2,1-3H3,(H2,24,25,26). The number of anilines is 2. The van der Waals surface area contributed by atoms with Crippen molar-refractivity contribution in [2.24, 2.45) is 5.73 Å². The number of nitrogens with two attached hydrogens (primary N) is 1. The molecule has 0 spiro atoms. The molecule has 0 aliphatic carbocycles. The molecule has 30 heavy (non-hydrogen) atoms. The first-order valence-corrected chi connectivity index (χ1v) is 9.62. The lowest BCUT2D eigenvalue weighted by Gasteiger charge is -2.18. The van der Waals surface area contributed by atoms with E-state index >= 15 is 0 Å². The van der Waals surface area contributed by atoms with Crippen molar-refractivity contribution in [3.63, 3.8) is 0 Å². The second-order valence-electron chi connectivity index (χ2n) is 6.92. The summed E-state index contributed by atoms with van der Waals surface area (Å²) < 4.78 is 10.3. The third-order valence-corrected chi connectivity index (χ3v) is 4.12. The number of aliphatic hydroxyl groups excluding tert-OH is 1. The van der Waals surface area contributed by atoms with E-state index < -0.39 is 12.1 Å². The van der Waals surface area contributed by atoms with Crippen LogP contribution in [-0.2, 0) is 9.53 Å². The number of esters is 1. The number of nitrogens with one attached hydrogen (secondary N) is 3. The monoisotopic (exact) mass is 415 g/mol. The summed E-state index contributed by atoms with van der Waals surface area (Å²) in [6.45, 7) is 4.11. The SMILES string of the molecule is COC(=O)CNc1cc(-c2cccc(OCC(O)CN)c2)nc(NC(C)C)c1C=N. The highest BCUT2D eigenvalue weighted by atomic mass is 16.5. The second-order valence-corrected chi connectivity index (χ2v) is 6.92. The van der Waals surface area contributed by atoms with Gasteiger partial charge in [0.1, 0.15) is 30.8 Å². The van der Waals surface area contributed by atoms with Gasteiger partial charge in [0.25, 0.3) is 0 Å². The largest absolute Gasteiger partial charge is 0.491 e. The molecule has 0 aliphatic heterocycles. The van der Waals surface area contributed by atoms with Crippen molar-refractivity contribution in [1.29, 1.82) is 5.41 Å². The van der Waals surface area contributed by atoms with Crippen molar-refractivity contribution in [2.45, 2.75) is 26.0 Å². The lowest BCUT2D eigenvalue weighted by Crippen LogP contribution is -2.26. The van der Waals surface area contributed by atoms with Gasteiger partial charge in [-0.15, -0.1) is 0 Å². The minimum atomic E-state index is -0.741. The molecule has 0 amide bonds. The number of carbonyl (C=O) groups is 1. The zero-order valence-corrected chi connectivity index (χ0v) is 17.4. The van der Waals surface area contributed by atoms with Crippen LogP contribution in [0.15, 0.2) is 30.3 Å². The molecule has 0 radical (unpaired) electrons. The van der Waals surface area contributed by atoms with E-state index in [1.54, 1.807) is 18.2 Å². The zero-order chi connectivity index (χ0) is 22.1. The van der Waals surface area contributed by atoms with Gasteiger partial charge in [-0.3, -0.25) is 4.79 Å². The van der Waals surface area contributed by atoms with Crippen LogP contribution in [0.25, 0.3) is 11.3 Å². The van der Waals surface area contributed by atoms with Gasteiger partial charge in [0.2, 0.25) is 0 Å². The third kappa shape index (κ3) is 6.43. The number of hydrogen-bond acceptors (Lipinski definition) is 9. The van der Waals surface area contributed by atoms with Crippen LogP contribution in [-0.4, -0.2) is 61.2 Å². The zero-order valence-electron chi connectivity index (χ0n) is 17.4. The van der Waals surface area contributed by atoms with Crippen LogP contribution < -0.4 is 21.1 Å². The number of methoxy groups -OCH3 is 1. The molecule has 9 heteroatoms. The van der Waals surface area contributed by atoms with Crippen LogP contribution in [0.5, 0.6) is 5.75 Å². The molecule has 0 fully saturated rings. The number of nitrogens with zero attached hydrogens (tertiary/aromatic N) is 1. The van der Waals surface area contributed by atoms with Crippen LogP contribution in [0.4, 0.5) is 11.5 Å². The van der Waals surface area contributed by atoms with E-state index in [1.807, 2.05) is 26.0 Å². The van der Waals surface area contributed by atoms with E-state index in [-0.39, 0.29) is 25.7 Å². The summed E-state index contributed by atoms with van der Waals surface area (Å²) in [6.07, 6.45) is 0.448. The predicted octanol–water partition coefficient (Wildman–Crippen LogP) is 1.85. The molecular formula is C21H29N5O4. The summed E-state index contributed by atoms with van der Waals surface area (Å²) >= 11 is 0. The van der Waals surface area contributed by atoms with Gasteiger partial charge < -0.3 is 36.4 Å². The molecule has 162 valence electrons. The molecule has 1 unspecified atom stereocenters. The lowest BCUT2D eigenvalue weighted by molar-refractivity contribution is -0.138. The third-order valence-electron chi connectivity index (χ3n) is 4.12. The molecule has 2 rings (SSSR count). The molecule has 0 saturated carbocycles. The fraction of sp³-hybridized carbons (Fsp3) is 0.381. The summed E-state index contributed by atoms with van der Waals surface area (Å²) in [5.41, 5.74) is 7.93. The van der Waals surface area contributed by atoms with Gasteiger partial charge in [0.15, 0.2) is 0 Å². The fourth-order valence-electron chi connectivity index (χ4n) is 2.62. The quantitative estimate of drug-likeness (QED) is 0.276. The van der Waals surface area contributed by atoms with Crippen LogP contribution in [0, 0.1) is 5.41 Å². The Labute approximate surface area is 176 Å². The van der Waals surface area contributed by atoms with Gasteiger partial charge in [0, 0.05) is 30.1 Å². The van der Waals surface area contributed by atoms with Gasteiger partial charge in [-0.25, -0.2) is 4.98 Å². The molecule has 9 nitrogen and oxygen atoms in total.